The van der Waals surface area contributed by atoms with Gasteiger partial charge in [0.2, 0.25) is 0 Å². The second-order valence-corrected chi connectivity index (χ2v) is 5.64. The van der Waals surface area contributed by atoms with Crippen LogP contribution < -0.4 is 5.73 Å². The minimum absolute atomic E-state index is 0.102. The molecule has 0 amide bonds. The van der Waals surface area contributed by atoms with Gasteiger partial charge in [0.25, 0.3) is 0 Å². The number of hydrogen-bond donors (Lipinski definition) is 1. The Bertz CT molecular complexity index is 620. The zero-order chi connectivity index (χ0) is 14.9. The topological polar surface area (TPSA) is 43.8 Å². The fraction of sp³-hybridized carbons (Fsp3) is 0.400. The molecular formula is C15H19ClFN3. The summed E-state index contributed by atoms with van der Waals surface area (Å²) in [5.74, 6) is -0.401. The van der Waals surface area contributed by atoms with Crippen LogP contribution in [0.15, 0.2) is 18.2 Å². The lowest BCUT2D eigenvalue weighted by Crippen LogP contribution is -2.18. The van der Waals surface area contributed by atoms with Gasteiger partial charge in [-0.15, -0.1) is 0 Å². The van der Waals surface area contributed by atoms with Gasteiger partial charge in [-0.05, 0) is 50.5 Å². The van der Waals surface area contributed by atoms with Gasteiger partial charge in [-0.3, -0.25) is 4.68 Å². The average Bonchev–Trinajstić information content (AvgIpc) is 2.61. The first-order chi connectivity index (χ1) is 9.38. The second-order valence-electron chi connectivity index (χ2n) is 5.24. The Kier molecular flexibility index (Phi) is 4.45. The lowest BCUT2D eigenvalue weighted by Gasteiger charge is -2.08. The summed E-state index contributed by atoms with van der Waals surface area (Å²) >= 11 is 5.80. The van der Waals surface area contributed by atoms with E-state index in [9.17, 15) is 4.39 Å². The number of hydrogen-bond acceptors (Lipinski definition) is 2. The van der Waals surface area contributed by atoms with Crippen LogP contribution in [0.4, 0.5) is 4.39 Å². The molecule has 0 aliphatic rings. The first-order valence-electron chi connectivity index (χ1n) is 6.61. The summed E-state index contributed by atoms with van der Waals surface area (Å²) in [4.78, 5) is 0. The normalized spacial score (nSPS) is 12.7. The first kappa shape index (κ1) is 15.0. The van der Waals surface area contributed by atoms with Crippen LogP contribution in [0.2, 0.25) is 5.02 Å². The third kappa shape index (κ3) is 3.19. The second kappa shape index (κ2) is 5.94. The first-order valence-corrected chi connectivity index (χ1v) is 6.98. The molecule has 108 valence electrons. The Hall–Kier alpha value is -1.39. The molecule has 3 nitrogen and oxygen atoms in total. The predicted octanol–water partition coefficient (Wildman–Crippen LogP) is 3.23. The summed E-state index contributed by atoms with van der Waals surface area (Å²) in [6.07, 6.45) is 0.807. The van der Waals surface area contributed by atoms with Gasteiger partial charge in [-0.1, -0.05) is 17.7 Å². The Labute approximate surface area is 123 Å². The Morgan fingerprint density at radius 1 is 1.40 bits per heavy atom. The van der Waals surface area contributed by atoms with Crippen LogP contribution in [0.25, 0.3) is 0 Å². The van der Waals surface area contributed by atoms with Gasteiger partial charge in [-0.2, -0.15) is 5.10 Å². The van der Waals surface area contributed by atoms with Crippen LogP contribution in [-0.4, -0.2) is 15.8 Å². The Morgan fingerprint density at radius 3 is 2.70 bits per heavy atom. The molecule has 1 unspecified atom stereocenters. The van der Waals surface area contributed by atoms with Crippen molar-refractivity contribution in [3.8, 4) is 0 Å². The van der Waals surface area contributed by atoms with Crippen LogP contribution >= 0.6 is 11.6 Å². The highest BCUT2D eigenvalue weighted by atomic mass is 35.5. The zero-order valence-electron chi connectivity index (χ0n) is 12.0. The van der Waals surface area contributed by atoms with Crippen LogP contribution in [0.3, 0.4) is 0 Å². The van der Waals surface area contributed by atoms with Gasteiger partial charge in [0.05, 0.1) is 17.3 Å². The molecule has 2 rings (SSSR count). The van der Waals surface area contributed by atoms with E-state index in [0.29, 0.717) is 6.54 Å². The summed E-state index contributed by atoms with van der Waals surface area (Å²) in [6.45, 7) is 6.57. The molecule has 2 aromatic rings. The quantitative estimate of drug-likeness (QED) is 0.941. The van der Waals surface area contributed by atoms with E-state index in [2.05, 4.69) is 5.10 Å². The molecule has 1 atom stereocenters. The molecule has 0 aliphatic carbocycles. The van der Waals surface area contributed by atoms with Gasteiger partial charge in [0.15, 0.2) is 0 Å². The van der Waals surface area contributed by atoms with Gasteiger partial charge in [0, 0.05) is 11.7 Å². The number of benzene rings is 1. The lowest BCUT2D eigenvalue weighted by molar-refractivity contribution is 0.622. The molecule has 5 heteroatoms. The van der Waals surface area contributed by atoms with Gasteiger partial charge >= 0.3 is 0 Å². The van der Waals surface area contributed by atoms with Crippen molar-refractivity contribution in [1.82, 2.24) is 9.78 Å². The van der Waals surface area contributed by atoms with Crippen molar-refractivity contribution in [2.45, 2.75) is 39.8 Å². The fourth-order valence-corrected chi connectivity index (χ4v) is 2.52. The van der Waals surface area contributed by atoms with Crippen LogP contribution in [-0.2, 0) is 13.0 Å². The van der Waals surface area contributed by atoms with E-state index < -0.39 is 5.82 Å². The Balaban J connectivity index is 2.27. The zero-order valence-corrected chi connectivity index (χ0v) is 12.7. The maximum Gasteiger partial charge on any atom is 0.141 e. The van der Waals surface area contributed by atoms with Crippen molar-refractivity contribution >= 4 is 11.6 Å². The SMILES string of the molecule is Cc1nn(Cc2ccc(F)c(Cl)c2)c(C)c1CC(C)N. The van der Waals surface area contributed by atoms with Crippen molar-refractivity contribution < 1.29 is 4.39 Å². The number of aryl methyl sites for hydroxylation is 1. The number of halogens is 2. The van der Waals surface area contributed by atoms with E-state index in [1.807, 2.05) is 25.5 Å². The molecule has 20 heavy (non-hydrogen) atoms. The molecule has 0 fully saturated rings. The molecule has 0 radical (unpaired) electrons. The van der Waals surface area contributed by atoms with E-state index in [-0.39, 0.29) is 11.1 Å². The fourth-order valence-electron chi connectivity index (χ4n) is 2.32. The molecule has 1 aromatic carbocycles. The van der Waals surface area contributed by atoms with Gasteiger partial charge in [-0.25, -0.2) is 4.39 Å². The van der Waals surface area contributed by atoms with Crippen LogP contribution in [0.1, 0.15) is 29.4 Å². The minimum Gasteiger partial charge on any atom is -0.328 e. The standard InChI is InChI=1S/C15H19ClFN3/c1-9(18)6-13-10(2)19-20(11(13)3)8-12-4-5-15(17)14(16)7-12/h4-5,7,9H,6,8,18H2,1-3H3. The minimum atomic E-state index is -0.401. The highest BCUT2D eigenvalue weighted by molar-refractivity contribution is 6.30. The summed E-state index contributed by atoms with van der Waals surface area (Å²) in [5, 5.41) is 4.67. The van der Waals surface area contributed by atoms with Gasteiger partial charge in [0.1, 0.15) is 5.82 Å². The monoisotopic (exact) mass is 295 g/mol. The smallest absolute Gasteiger partial charge is 0.141 e. The number of aromatic nitrogens is 2. The Morgan fingerprint density at radius 2 is 2.10 bits per heavy atom. The average molecular weight is 296 g/mol. The molecule has 0 saturated heterocycles. The summed E-state index contributed by atoms with van der Waals surface area (Å²) in [7, 11) is 0. The maximum absolute atomic E-state index is 13.2. The van der Waals surface area contributed by atoms with Gasteiger partial charge < -0.3 is 5.73 Å². The van der Waals surface area contributed by atoms with Crippen molar-refractivity contribution in [2.24, 2.45) is 5.73 Å². The molecule has 1 aromatic heterocycles. The number of nitrogens with two attached hydrogens (primary N) is 1. The molecular weight excluding hydrogens is 277 g/mol. The summed E-state index contributed by atoms with van der Waals surface area (Å²) < 4.78 is 15.1. The van der Waals surface area contributed by atoms with Crippen molar-refractivity contribution in [3.63, 3.8) is 0 Å². The van der Waals surface area contributed by atoms with Crippen molar-refractivity contribution in [1.29, 1.82) is 0 Å². The lowest BCUT2D eigenvalue weighted by atomic mass is 10.1. The summed E-state index contributed by atoms with van der Waals surface area (Å²) in [5.41, 5.74) is 10.1. The third-order valence-electron chi connectivity index (χ3n) is 3.37. The van der Waals surface area contributed by atoms with E-state index in [4.69, 9.17) is 17.3 Å². The molecule has 1 heterocycles. The van der Waals surface area contributed by atoms with E-state index in [0.717, 1.165) is 23.4 Å². The largest absolute Gasteiger partial charge is 0.328 e. The highest BCUT2D eigenvalue weighted by Gasteiger charge is 2.13. The maximum atomic E-state index is 13.2. The van der Waals surface area contributed by atoms with E-state index in [1.165, 1.54) is 11.6 Å². The van der Waals surface area contributed by atoms with E-state index >= 15 is 0 Å². The number of rotatable bonds is 4. The molecule has 0 spiro atoms. The molecule has 0 aliphatic heterocycles. The third-order valence-corrected chi connectivity index (χ3v) is 3.66. The van der Waals surface area contributed by atoms with E-state index in [1.54, 1.807) is 12.1 Å². The molecule has 0 saturated carbocycles. The predicted molar refractivity (Wildman–Crippen MR) is 79.6 cm³/mol. The molecule has 0 bridgehead atoms. The van der Waals surface area contributed by atoms with Crippen molar-refractivity contribution in [2.75, 3.05) is 0 Å². The summed E-state index contributed by atoms with van der Waals surface area (Å²) in [6, 6.07) is 4.85. The highest BCUT2D eigenvalue weighted by Crippen LogP contribution is 2.19. The molecule has 2 N–H and O–H groups in total. The van der Waals surface area contributed by atoms with Crippen LogP contribution in [0, 0.1) is 19.7 Å². The van der Waals surface area contributed by atoms with Crippen LogP contribution in [0.5, 0.6) is 0 Å². The van der Waals surface area contributed by atoms with Crippen molar-refractivity contribution in [3.05, 3.63) is 51.6 Å². The number of nitrogens with zero attached hydrogens (tertiary/aromatic N) is 2.